The molecular weight excluding hydrogens is 434 g/mol. The van der Waals surface area contributed by atoms with Gasteiger partial charge in [-0.25, -0.2) is 8.78 Å². The standard InChI is InChI=1S/C25H42F2O6/c1-3-4-5-10-14-24(26,27)25(32-16-17-33-25)15-13-20-19(21(28)18-22(20)29)11-8-6-7-9-12-23(30)31-2/h6,8,19-22,28-29H,3-5,7,9-18H2,1-2H3/t19-,20-,21?,22?/m1/s1. The van der Waals surface area contributed by atoms with Crippen molar-refractivity contribution >= 4 is 5.97 Å². The van der Waals surface area contributed by atoms with Crippen LogP contribution in [0.4, 0.5) is 8.78 Å². The van der Waals surface area contributed by atoms with Gasteiger partial charge in [-0.1, -0.05) is 38.3 Å². The summed E-state index contributed by atoms with van der Waals surface area (Å²) in [4.78, 5) is 11.2. The quantitative estimate of drug-likeness (QED) is 0.201. The number of alkyl halides is 2. The smallest absolute Gasteiger partial charge is 0.305 e. The molecule has 0 aromatic heterocycles. The number of aliphatic hydroxyl groups excluding tert-OH is 2. The molecule has 4 atom stereocenters. The average molecular weight is 477 g/mol. The fraction of sp³-hybridized carbons (Fsp3) is 0.880. The van der Waals surface area contributed by atoms with Crippen LogP contribution in [0.25, 0.3) is 0 Å². The van der Waals surface area contributed by atoms with Crippen LogP contribution in [0.1, 0.15) is 84.0 Å². The van der Waals surface area contributed by atoms with E-state index in [1.807, 2.05) is 19.1 Å². The predicted molar refractivity (Wildman–Crippen MR) is 121 cm³/mol. The summed E-state index contributed by atoms with van der Waals surface area (Å²) in [5.74, 6) is -5.81. The summed E-state index contributed by atoms with van der Waals surface area (Å²) in [7, 11) is 1.36. The molecule has 1 saturated carbocycles. The number of ether oxygens (including phenoxy) is 3. The van der Waals surface area contributed by atoms with Crippen LogP contribution < -0.4 is 0 Å². The number of rotatable bonds is 15. The van der Waals surface area contributed by atoms with E-state index in [0.29, 0.717) is 38.5 Å². The van der Waals surface area contributed by atoms with Crippen molar-refractivity contribution in [3.63, 3.8) is 0 Å². The Balaban J connectivity index is 1.92. The van der Waals surface area contributed by atoms with Gasteiger partial charge >= 0.3 is 11.9 Å². The SMILES string of the molecule is CCCCCCC(F)(F)C1(CC[C@H]2C(O)CC(O)[C@@H]2CC=CCCCC(=O)OC)OCCO1. The van der Waals surface area contributed by atoms with Gasteiger partial charge in [0.05, 0.1) is 32.5 Å². The molecule has 1 aliphatic carbocycles. The number of halogens is 2. The molecule has 8 heteroatoms. The monoisotopic (exact) mass is 476 g/mol. The highest BCUT2D eigenvalue weighted by Crippen LogP contribution is 2.46. The number of hydrogen-bond acceptors (Lipinski definition) is 6. The number of allylic oxidation sites excluding steroid dienone is 2. The van der Waals surface area contributed by atoms with Gasteiger partial charge < -0.3 is 24.4 Å². The van der Waals surface area contributed by atoms with E-state index >= 15 is 8.78 Å². The lowest BCUT2D eigenvalue weighted by Crippen LogP contribution is -2.49. The molecular formula is C25H42F2O6. The molecule has 6 nitrogen and oxygen atoms in total. The maximum atomic E-state index is 15.2. The van der Waals surface area contributed by atoms with Gasteiger partial charge in [-0.2, -0.15) is 0 Å². The number of aliphatic hydroxyl groups is 2. The molecule has 0 aromatic rings. The van der Waals surface area contributed by atoms with Gasteiger partial charge in [0.2, 0.25) is 5.79 Å². The highest BCUT2D eigenvalue weighted by molar-refractivity contribution is 5.69. The van der Waals surface area contributed by atoms with Gasteiger partial charge in [0.25, 0.3) is 0 Å². The lowest BCUT2D eigenvalue weighted by Gasteiger charge is -2.37. The number of hydrogen-bond donors (Lipinski definition) is 2. The van der Waals surface area contributed by atoms with Crippen molar-refractivity contribution in [3.8, 4) is 0 Å². The molecule has 2 fully saturated rings. The van der Waals surface area contributed by atoms with E-state index in [0.717, 1.165) is 19.3 Å². The molecule has 192 valence electrons. The molecule has 2 rings (SSSR count). The second kappa shape index (κ2) is 13.7. The average Bonchev–Trinajstić information content (AvgIpc) is 3.37. The third kappa shape index (κ3) is 7.98. The fourth-order valence-electron chi connectivity index (χ4n) is 5.06. The maximum absolute atomic E-state index is 15.2. The zero-order valence-electron chi connectivity index (χ0n) is 20.1. The third-order valence-corrected chi connectivity index (χ3v) is 7.04. The second-order valence-corrected chi connectivity index (χ2v) is 9.38. The zero-order chi connectivity index (χ0) is 24.3. The Morgan fingerprint density at radius 3 is 2.45 bits per heavy atom. The summed E-state index contributed by atoms with van der Waals surface area (Å²) in [6.07, 6.45) is 8.08. The first-order valence-electron chi connectivity index (χ1n) is 12.5. The molecule has 1 saturated heterocycles. The summed E-state index contributed by atoms with van der Waals surface area (Å²) in [5.41, 5.74) is 0. The molecule has 1 aliphatic heterocycles. The van der Waals surface area contributed by atoms with Crippen LogP contribution in [0.2, 0.25) is 0 Å². The normalized spacial score (nSPS) is 27.5. The summed E-state index contributed by atoms with van der Waals surface area (Å²) >= 11 is 0. The molecule has 0 amide bonds. The molecule has 2 N–H and O–H groups in total. The second-order valence-electron chi connectivity index (χ2n) is 9.38. The first kappa shape index (κ1) is 28.1. The molecule has 2 unspecified atom stereocenters. The van der Waals surface area contributed by atoms with E-state index in [-0.39, 0.29) is 50.3 Å². The Bertz CT molecular complexity index is 606. The van der Waals surface area contributed by atoms with E-state index in [4.69, 9.17) is 9.47 Å². The molecule has 33 heavy (non-hydrogen) atoms. The molecule has 2 aliphatic rings. The summed E-state index contributed by atoms with van der Waals surface area (Å²) in [6.45, 7) is 2.31. The third-order valence-electron chi connectivity index (χ3n) is 7.04. The van der Waals surface area contributed by atoms with Crippen molar-refractivity contribution < 1.29 is 38.0 Å². The zero-order valence-corrected chi connectivity index (χ0v) is 20.1. The van der Waals surface area contributed by atoms with Crippen LogP contribution in [-0.2, 0) is 19.0 Å². The van der Waals surface area contributed by atoms with Crippen molar-refractivity contribution in [2.24, 2.45) is 11.8 Å². The highest BCUT2D eigenvalue weighted by atomic mass is 19.3. The summed E-state index contributed by atoms with van der Waals surface area (Å²) in [5, 5.41) is 21.0. The Kier molecular flexibility index (Phi) is 11.7. The van der Waals surface area contributed by atoms with Crippen molar-refractivity contribution in [2.75, 3.05) is 20.3 Å². The minimum absolute atomic E-state index is 0.0123. The molecule has 0 spiro atoms. The van der Waals surface area contributed by atoms with Crippen molar-refractivity contribution in [1.82, 2.24) is 0 Å². The minimum Gasteiger partial charge on any atom is -0.469 e. The number of methoxy groups -OCH3 is 1. The predicted octanol–water partition coefficient (Wildman–Crippen LogP) is 4.76. The number of carbonyl (C=O) groups excluding carboxylic acids is 1. The molecule has 0 radical (unpaired) electrons. The van der Waals surface area contributed by atoms with Crippen LogP contribution in [0.5, 0.6) is 0 Å². The van der Waals surface area contributed by atoms with Crippen molar-refractivity contribution in [3.05, 3.63) is 12.2 Å². The summed E-state index contributed by atoms with van der Waals surface area (Å²) < 4.78 is 45.9. The van der Waals surface area contributed by atoms with Gasteiger partial charge in [-0.15, -0.1) is 0 Å². The number of esters is 1. The van der Waals surface area contributed by atoms with E-state index in [1.165, 1.54) is 7.11 Å². The molecule has 1 heterocycles. The maximum Gasteiger partial charge on any atom is 0.305 e. The Morgan fingerprint density at radius 2 is 1.79 bits per heavy atom. The lowest BCUT2D eigenvalue weighted by molar-refractivity contribution is -0.297. The number of carbonyl (C=O) groups is 1. The first-order valence-corrected chi connectivity index (χ1v) is 12.5. The van der Waals surface area contributed by atoms with Gasteiger partial charge in [0.1, 0.15) is 0 Å². The Morgan fingerprint density at radius 1 is 1.09 bits per heavy atom. The van der Waals surface area contributed by atoms with Crippen molar-refractivity contribution in [2.45, 2.75) is 108 Å². The van der Waals surface area contributed by atoms with Crippen LogP contribution in [0.3, 0.4) is 0 Å². The van der Waals surface area contributed by atoms with Crippen LogP contribution in [0.15, 0.2) is 12.2 Å². The largest absolute Gasteiger partial charge is 0.469 e. The van der Waals surface area contributed by atoms with Gasteiger partial charge in [0, 0.05) is 19.3 Å². The lowest BCUT2D eigenvalue weighted by atomic mass is 9.84. The Hall–Kier alpha value is -1.09. The van der Waals surface area contributed by atoms with Gasteiger partial charge in [-0.05, 0) is 50.4 Å². The molecule has 0 aromatic carbocycles. The van der Waals surface area contributed by atoms with Gasteiger partial charge in [0.15, 0.2) is 0 Å². The van der Waals surface area contributed by atoms with E-state index in [9.17, 15) is 15.0 Å². The van der Waals surface area contributed by atoms with Crippen LogP contribution in [0, 0.1) is 11.8 Å². The van der Waals surface area contributed by atoms with Gasteiger partial charge in [-0.3, -0.25) is 4.79 Å². The van der Waals surface area contributed by atoms with E-state index in [2.05, 4.69) is 4.74 Å². The fourth-order valence-corrected chi connectivity index (χ4v) is 5.06. The van der Waals surface area contributed by atoms with E-state index < -0.39 is 23.9 Å². The highest BCUT2D eigenvalue weighted by Gasteiger charge is 2.58. The minimum atomic E-state index is -3.10. The topological polar surface area (TPSA) is 85.2 Å². The molecule has 0 bridgehead atoms. The Labute approximate surface area is 196 Å². The number of unbranched alkanes of at least 4 members (excludes halogenated alkanes) is 4. The van der Waals surface area contributed by atoms with Crippen molar-refractivity contribution in [1.29, 1.82) is 0 Å². The van der Waals surface area contributed by atoms with E-state index in [1.54, 1.807) is 0 Å². The van der Waals surface area contributed by atoms with Crippen LogP contribution >= 0.6 is 0 Å². The first-order chi connectivity index (χ1) is 15.8. The van der Waals surface area contributed by atoms with Crippen LogP contribution in [-0.4, -0.2) is 60.4 Å². The summed E-state index contributed by atoms with van der Waals surface area (Å²) in [6, 6.07) is 0.